The number of hydrogen-bond acceptors (Lipinski definition) is 1. The molecule has 1 nitrogen and oxygen atoms in total. The smallest absolute Gasteiger partial charge is 0.119 e. The van der Waals surface area contributed by atoms with E-state index in [0.29, 0.717) is 6.42 Å². The Bertz CT molecular complexity index is 269. The van der Waals surface area contributed by atoms with Gasteiger partial charge in [0.1, 0.15) is 5.75 Å². The Morgan fingerprint density at radius 1 is 1.00 bits per heavy atom. The van der Waals surface area contributed by atoms with Crippen LogP contribution < -0.4 is 4.74 Å². The third-order valence-electron chi connectivity index (χ3n) is 2.63. The number of aryl methyl sites for hydroxylation is 1. The van der Waals surface area contributed by atoms with Gasteiger partial charge in [0.2, 0.25) is 0 Å². The minimum absolute atomic E-state index is 0.195. The second-order valence-corrected chi connectivity index (χ2v) is 3.95. The number of benzene rings is 1. The molecule has 2 heteroatoms. The maximum Gasteiger partial charge on any atom is 0.119 e. The molecule has 0 radical (unpaired) electrons. The lowest BCUT2D eigenvalue weighted by molar-refractivity contribution is 0.303. The molecular formula is C14H21FO. The molecule has 0 bridgehead atoms. The van der Waals surface area contributed by atoms with Gasteiger partial charge < -0.3 is 4.74 Å². The molecule has 1 aromatic rings. The molecule has 0 atom stereocenters. The van der Waals surface area contributed by atoms with Crippen LogP contribution in [0.2, 0.25) is 0 Å². The Hall–Kier alpha value is -1.05. The highest BCUT2D eigenvalue weighted by molar-refractivity contribution is 5.27. The molecule has 0 aliphatic carbocycles. The van der Waals surface area contributed by atoms with E-state index in [0.717, 1.165) is 38.0 Å². The third-order valence-corrected chi connectivity index (χ3v) is 2.63. The van der Waals surface area contributed by atoms with Crippen molar-refractivity contribution in [2.24, 2.45) is 0 Å². The molecule has 0 heterocycles. The van der Waals surface area contributed by atoms with E-state index in [-0.39, 0.29) is 6.67 Å². The van der Waals surface area contributed by atoms with Crippen molar-refractivity contribution in [1.82, 2.24) is 0 Å². The zero-order chi connectivity index (χ0) is 11.6. The minimum Gasteiger partial charge on any atom is -0.494 e. The number of unbranched alkanes of at least 4 members (excludes halogenated alkanes) is 3. The molecule has 0 aliphatic rings. The average Bonchev–Trinajstić information content (AvgIpc) is 2.34. The van der Waals surface area contributed by atoms with Crippen molar-refractivity contribution in [2.45, 2.75) is 39.0 Å². The fourth-order valence-electron chi connectivity index (χ4n) is 1.56. The van der Waals surface area contributed by atoms with Crippen molar-refractivity contribution in [2.75, 3.05) is 13.3 Å². The maximum absolute atomic E-state index is 11.8. The van der Waals surface area contributed by atoms with Gasteiger partial charge in [0.25, 0.3) is 0 Å². The largest absolute Gasteiger partial charge is 0.494 e. The highest BCUT2D eigenvalue weighted by Gasteiger charge is 1.94. The molecular weight excluding hydrogens is 203 g/mol. The van der Waals surface area contributed by atoms with Crippen LogP contribution in [0.5, 0.6) is 5.75 Å². The zero-order valence-corrected chi connectivity index (χ0v) is 10.0. The Morgan fingerprint density at radius 2 is 1.69 bits per heavy atom. The Kier molecular flexibility index (Phi) is 6.62. The van der Waals surface area contributed by atoms with Gasteiger partial charge >= 0.3 is 0 Å². The van der Waals surface area contributed by atoms with E-state index in [4.69, 9.17) is 4.74 Å². The number of ether oxygens (including phenoxy) is 1. The molecule has 0 unspecified atom stereocenters. The second-order valence-electron chi connectivity index (χ2n) is 3.95. The molecule has 90 valence electrons. The molecule has 0 amide bonds. The van der Waals surface area contributed by atoms with Crippen molar-refractivity contribution in [3.05, 3.63) is 29.8 Å². The summed E-state index contributed by atoms with van der Waals surface area (Å²) in [6.07, 6.45) is 4.77. The summed E-state index contributed by atoms with van der Waals surface area (Å²) in [7, 11) is 0. The van der Waals surface area contributed by atoms with Gasteiger partial charge in [-0.15, -0.1) is 0 Å². The first-order valence-corrected chi connectivity index (χ1v) is 6.14. The van der Waals surface area contributed by atoms with Crippen molar-refractivity contribution < 1.29 is 9.13 Å². The lowest BCUT2D eigenvalue weighted by Gasteiger charge is -2.06. The molecule has 0 fully saturated rings. The molecule has 0 saturated carbocycles. The number of hydrogen-bond donors (Lipinski definition) is 0. The quantitative estimate of drug-likeness (QED) is 0.602. The Morgan fingerprint density at radius 3 is 2.31 bits per heavy atom. The van der Waals surface area contributed by atoms with Gasteiger partial charge in [-0.05, 0) is 43.4 Å². The van der Waals surface area contributed by atoms with Crippen molar-refractivity contribution >= 4 is 0 Å². The first-order valence-electron chi connectivity index (χ1n) is 6.14. The van der Waals surface area contributed by atoms with Crippen LogP contribution in [-0.2, 0) is 6.42 Å². The van der Waals surface area contributed by atoms with Crippen molar-refractivity contribution in [3.63, 3.8) is 0 Å². The van der Waals surface area contributed by atoms with Gasteiger partial charge in [0.15, 0.2) is 0 Å². The molecule has 16 heavy (non-hydrogen) atoms. The fraction of sp³-hybridized carbons (Fsp3) is 0.571. The van der Waals surface area contributed by atoms with Gasteiger partial charge in [0.05, 0.1) is 13.3 Å². The summed E-state index contributed by atoms with van der Waals surface area (Å²) in [4.78, 5) is 0. The van der Waals surface area contributed by atoms with E-state index < -0.39 is 0 Å². The first-order chi connectivity index (χ1) is 7.86. The molecule has 0 aromatic heterocycles. The normalized spacial score (nSPS) is 10.4. The predicted octanol–water partition coefficient (Wildman–Crippen LogP) is 4.16. The Labute approximate surface area is 97.6 Å². The van der Waals surface area contributed by atoms with Crippen LogP contribution >= 0.6 is 0 Å². The molecule has 1 aromatic carbocycles. The van der Waals surface area contributed by atoms with E-state index in [2.05, 4.69) is 19.1 Å². The SMILES string of the molecule is CCc1ccc(OCCCCCCF)cc1. The average molecular weight is 224 g/mol. The van der Waals surface area contributed by atoms with Gasteiger partial charge in [-0.1, -0.05) is 25.5 Å². The summed E-state index contributed by atoms with van der Waals surface area (Å²) < 4.78 is 17.4. The maximum atomic E-state index is 11.8. The number of halogens is 1. The standard InChI is InChI=1S/C14H21FO/c1-2-13-7-9-14(10-8-13)16-12-6-4-3-5-11-15/h7-10H,2-6,11-12H2,1H3. The van der Waals surface area contributed by atoms with E-state index in [1.807, 2.05) is 12.1 Å². The van der Waals surface area contributed by atoms with Crippen molar-refractivity contribution in [1.29, 1.82) is 0 Å². The first kappa shape index (κ1) is 13.0. The summed E-state index contributed by atoms with van der Waals surface area (Å²) in [5, 5.41) is 0. The second kappa shape index (κ2) is 8.14. The lowest BCUT2D eigenvalue weighted by Crippen LogP contribution is -1.97. The third kappa shape index (κ3) is 5.15. The van der Waals surface area contributed by atoms with Crippen LogP contribution in [0.3, 0.4) is 0 Å². The van der Waals surface area contributed by atoms with Crippen LogP contribution in [0.1, 0.15) is 38.2 Å². The van der Waals surface area contributed by atoms with Crippen molar-refractivity contribution in [3.8, 4) is 5.75 Å². The number of alkyl halides is 1. The van der Waals surface area contributed by atoms with E-state index in [1.165, 1.54) is 5.56 Å². The van der Waals surface area contributed by atoms with Crippen LogP contribution in [0, 0.1) is 0 Å². The lowest BCUT2D eigenvalue weighted by atomic mass is 10.2. The Balaban J connectivity index is 2.12. The van der Waals surface area contributed by atoms with Crippen LogP contribution in [0.25, 0.3) is 0 Å². The molecule has 0 aliphatic heterocycles. The van der Waals surface area contributed by atoms with Crippen LogP contribution in [-0.4, -0.2) is 13.3 Å². The van der Waals surface area contributed by atoms with Gasteiger partial charge in [-0.3, -0.25) is 4.39 Å². The van der Waals surface area contributed by atoms with E-state index in [9.17, 15) is 4.39 Å². The minimum atomic E-state index is -0.195. The summed E-state index contributed by atoms with van der Waals surface area (Å²) in [5.74, 6) is 0.933. The molecule has 0 saturated heterocycles. The van der Waals surface area contributed by atoms with E-state index >= 15 is 0 Å². The molecule has 0 spiro atoms. The molecule has 1 rings (SSSR count). The summed E-state index contributed by atoms with van der Waals surface area (Å²) in [6, 6.07) is 8.22. The fourth-order valence-corrected chi connectivity index (χ4v) is 1.56. The number of rotatable bonds is 8. The highest BCUT2D eigenvalue weighted by atomic mass is 19.1. The summed E-state index contributed by atoms with van der Waals surface area (Å²) in [6.45, 7) is 2.68. The van der Waals surface area contributed by atoms with E-state index in [1.54, 1.807) is 0 Å². The van der Waals surface area contributed by atoms with Crippen LogP contribution in [0.4, 0.5) is 4.39 Å². The van der Waals surface area contributed by atoms with Gasteiger partial charge in [-0.2, -0.15) is 0 Å². The predicted molar refractivity (Wildman–Crippen MR) is 65.8 cm³/mol. The van der Waals surface area contributed by atoms with Crippen LogP contribution in [0.15, 0.2) is 24.3 Å². The van der Waals surface area contributed by atoms with Gasteiger partial charge in [0, 0.05) is 0 Å². The van der Waals surface area contributed by atoms with Gasteiger partial charge in [-0.25, -0.2) is 0 Å². The monoisotopic (exact) mass is 224 g/mol. The molecule has 0 N–H and O–H groups in total. The topological polar surface area (TPSA) is 9.23 Å². The zero-order valence-electron chi connectivity index (χ0n) is 10.0. The highest BCUT2D eigenvalue weighted by Crippen LogP contribution is 2.13. The summed E-state index contributed by atoms with van der Waals surface area (Å²) in [5.41, 5.74) is 1.33. The summed E-state index contributed by atoms with van der Waals surface area (Å²) >= 11 is 0.